The maximum absolute atomic E-state index is 12.1. The van der Waals surface area contributed by atoms with E-state index >= 15 is 0 Å². The number of hydrogen-bond acceptors (Lipinski definition) is 3. The molecule has 0 spiro atoms. The molecule has 1 aliphatic heterocycles. The summed E-state index contributed by atoms with van der Waals surface area (Å²) in [5.41, 5.74) is 0.869. The van der Waals surface area contributed by atoms with Gasteiger partial charge in [-0.3, -0.25) is 4.79 Å². The molecule has 1 aromatic rings. The molecule has 3 N–H and O–H groups in total. The van der Waals surface area contributed by atoms with E-state index in [9.17, 15) is 4.79 Å². The molecule has 0 aliphatic carbocycles. The first-order valence-corrected chi connectivity index (χ1v) is 6.23. The molecule has 94 valence electrons. The summed E-state index contributed by atoms with van der Waals surface area (Å²) in [5.74, 6) is 0.185. The van der Waals surface area contributed by atoms with Gasteiger partial charge in [-0.15, -0.1) is 0 Å². The average Bonchev–Trinajstić information content (AvgIpc) is 3.00. The topological polar surface area (TPSA) is 69.8 Å². The minimum absolute atomic E-state index is 0.185. The van der Waals surface area contributed by atoms with Crippen LogP contribution in [0.1, 0.15) is 25.5 Å². The molecule has 5 heteroatoms. The van der Waals surface area contributed by atoms with E-state index in [2.05, 4.69) is 27.5 Å². The van der Waals surface area contributed by atoms with Crippen molar-refractivity contribution in [3.8, 4) is 0 Å². The number of hydrogen-bond donors (Lipinski definition) is 3. The van der Waals surface area contributed by atoms with Crippen molar-refractivity contribution in [2.24, 2.45) is 5.41 Å². The predicted molar refractivity (Wildman–Crippen MR) is 65.5 cm³/mol. The quantitative estimate of drug-likeness (QED) is 0.695. The third kappa shape index (κ3) is 2.66. The van der Waals surface area contributed by atoms with Crippen LogP contribution in [-0.2, 0) is 11.2 Å². The van der Waals surface area contributed by atoms with Crippen molar-refractivity contribution < 1.29 is 4.79 Å². The monoisotopic (exact) mass is 236 g/mol. The largest absolute Gasteiger partial charge is 0.355 e. The minimum atomic E-state index is -0.187. The molecule has 0 saturated carbocycles. The summed E-state index contributed by atoms with van der Waals surface area (Å²) in [6.45, 7) is 4.51. The van der Waals surface area contributed by atoms with E-state index in [1.54, 1.807) is 12.5 Å². The van der Waals surface area contributed by atoms with Gasteiger partial charge in [0.05, 0.1) is 11.7 Å². The van der Waals surface area contributed by atoms with Crippen molar-refractivity contribution >= 4 is 5.91 Å². The number of amides is 1. The fourth-order valence-electron chi connectivity index (χ4n) is 2.32. The van der Waals surface area contributed by atoms with Crippen LogP contribution in [0.3, 0.4) is 0 Å². The van der Waals surface area contributed by atoms with Crippen molar-refractivity contribution in [2.75, 3.05) is 19.6 Å². The fraction of sp³-hybridized carbons (Fsp3) is 0.667. The van der Waals surface area contributed by atoms with Crippen molar-refractivity contribution in [2.45, 2.75) is 26.2 Å². The van der Waals surface area contributed by atoms with Crippen LogP contribution in [0.5, 0.6) is 0 Å². The van der Waals surface area contributed by atoms with Gasteiger partial charge in [-0.2, -0.15) is 0 Å². The molecule has 2 rings (SSSR count). The van der Waals surface area contributed by atoms with E-state index in [1.807, 2.05) is 0 Å². The first-order valence-electron chi connectivity index (χ1n) is 6.23. The standard InChI is InChI=1S/C12H20N4O/c1-2-12(4-6-13-8-12)11(17)15-5-3-10-7-14-9-16-10/h7,9,13H,2-6,8H2,1H3,(H,14,16)(H,15,17). The van der Waals surface area contributed by atoms with Gasteiger partial charge in [-0.1, -0.05) is 6.92 Å². The molecular formula is C12H20N4O. The molecule has 1 aromatic heterocycles. The molecule has 0 bridgehead atoms. The summed E-state index contributed by atoms with van der Waals surface area (Å²) >= 11 is 0. The summed E-state index contributed by atoms with van der Waals surface area (Å²) in [7, 11) is 0. The Morgan fingerprint density at radius 1 is 1.65 bits per heavy atom. The lowest BCUT2D eigenvalue weighted by Crippen LogP contribution is -2.42. The van der Waals surface area contributed by atoms with Gasteiger partial charge in [0.15, 0.2) is 0 Å². The third-order valence-corrected chi connectivity index (χ3v) is 3.64. The Bertz CT molecular complexity index is 355. The molecule has 1 aliphatic rings. The van der Waals surface area contributed by atoms with Crippen LogP contribution in [0.15, 0.2) is 12.5 Å². The number of imidazole rings is 1. The summed E-state index contributed by atoms with van der Waals surface area (Å²) in [4.78, 5) is 19.1. The van der Waals surface area contributed by atoms with Crippen molar-refractivity contribution in [3.05, 3.63) is 18.2 Å². The normalized spacial score (nSPS) is 23.8. The number of nitrogens with one attached hydrogen (secondary N) is 3. The summed E-state index contributed by atoms with van der Waals surface area (Å²) in [6, 6.07) is 0. The second-order valence-electron chi connectivity index (χ2n) is 4.64. The Kier molecular flexibility index (Phi) is 3.78. The molecule has 1 unspecified atom stereocenters. The number of carbonyl (C=O) groups is 1. The molecule has 1 saturated heterocycles. The first-order chi connectivity index (χ1) is 8.27. The lowest BCUT2D eigenvalue weighted by Gasteiger charge is -2.25. The molecular weight excluding hydrogens is 216 g/mol. The van der Waals surface area contributed by atoms with Gasteiger partial charge < -0.3 is 15.6 Å². The second kappa shape index (κ2) is 5.31. The SMILES string of the molecule is CCC1(C(=O)NCCc2cnc[nH]2)CCNC1. The van der Waals surface area contributed by atoms with Gasteiger partial charge in [-0.05, 0) is 19.4 Å². The summed E-state index contributed by atoms with van der Waals surface area (Å²) < 4.78 is 0. The van der Waals surface area contributed by atoms with Crippen molar-refractivity contribution in [3.63, 3.8) is 0 Å². The zero-order chi connectivity index (χ0) is 12.1. The van der Waals surface area contributed by atoms with Crippen LogP contribution >= 0.6 is 0 Å². The van der Waals surface area contributed by atoms with E-state index < -0.39 is 0 Å². The van der Waals surface area contributed by atoms with Crippen LogP contribution in [0.2, 0.25) is 0 Å². The van der Waals surface area contributed by atoms with Crippen molar-refractivity contribution in [1.29, 1.82) is 0 Å². The van der Waals surface area contributed by atoms with Crippen LogP contribution in [-0.4, -0.2) is 35.5 Å². The Morgan fingerprint density at radius 2 is 2.53 bits per heavy atom. The van der Waals surface area contributed by atoms with Crippen LogP contribution in [0, 0.1) is 5.41 Å². The fourth-order valence-corrected chi connectivity index (χ4v) is 2.32. The Hall–Kier alpha value is -1.36. The summed E-state index contributed by atoms with van der Waals surface area (Å²) in [5, 5.41) is 6.30. The van der Waals surface area contributed by atoms with E-state index in [4.69, 9.17) is 0 Å². The highest BCUT2D eigenvalue weighted by atomic mass is 16.2. The minimum Gasteiger partial charge on any atom is -0.355 e. The number of rotatable bonds is 5. The molecule has 1 fully saturated rings. The van der Waals surface area contributed by atoms with Gasteiger partial charge in [0.1, 0.15) is 0 Å². The van der Waals surface area contributed by atoms with Crippen molar-refractivity contribution in [1.82, 2.24) is 20.6 Å². The highest BCUT2D eigenvalue weighted by molar-refractivity contribution is 5.83. The van der Waals surface area contributed by atoms with Gasteiger partial charge >= 0.3 is 0 Å². The van der Waals surface area contributed by atoms with Gasteiger partial charge in [0.2, 0.25) is 5.91 Å². The molecule has 17 heavy (non-hydrogen) atoms. The number of aromatic nitrogens is 2. The summed E-state index contributed by atoms with van der Waals surface area (Å²) in [6.07, 6.45) is 6.10. The zero-order valence-corrected chi connectivity index (χ0v) is 10.3. The van der Waals surface area contributed by atoms with E-state index in [0.29, 0.717) is 6.54 Å². The van der Waals surface area contributed by atoms with Gasteiger partial charge in [0, 0.05) is 31.4 Å². The lowest BCUT2D eigenvalue weighted by molar-refractivity contribution is -0.130. The van der Waals surface area contributed by atoms with E-state index in [0.717, 1.165) is 38.0 Å². The molecule has 2 heterocycles. The molecule has 0 aromatic carbocycles. The molecule has 5 nitrogen and oxygen atoms in total. The van der Waals surface area contributed by atoms with E-state index in [-0.39, 0.29) is 11.3 Å². The first kappa shape index (κ1) is 12.1. The maximum atomic E-state index is 12.1. The highest BCUT2D eigenvalue weighted by Gasteiger charge is 2.38. The number of carbonyl (C=O) groups excluding carboxylic acids is 1. The predicted octanol–water partition coefficient (Wildman–Crippen LogP) is 0.458. The molecule has 0 radical (unpaired) electrons. The number of aromatic amines is 1. The zero-order valence-electron chi connectivity index (χ0n) is 10.3. The maximum Gasteiger partial charge on any atom is 0.227 e. The third-order valence-electron chi connectivity index (χ3n) is 3.64. The smallest absolute Gasteiger partial charge is 0.227 e. The van der Waals surface area contributed by atoms with Crippen LogP contribution in [0.4, 0.5) is 0 Å². The van der Waals surface area contributed by atoms with Gasteiger partial charge in [-0.25, -0.2) is 4.98 Å². The second-order valence-corrected chi connectivity index (χ2v) is 4.64. The Morgan fingerprint density at radius 3 is 3.12 bits per heavy atom. The highest BCUT2D eigenvalue weighted by Crippen LogP contribution is 2.29. The molecule has 1 amide bonds. The van der Waals surface area contributed by atoms with Crippen LogP contribution in [0.25, 0.3) is 0 Å². The number of nitrogens with zero attached hydrogens (tertiary/aromatic N) is 1. The molecule has 1 atom stereocenters. The van der Waals surface area contributed by atoms with Gasteiger partial charge in [0.25, 0.3) is 0 Å². The van der Waals surface area contributed by atoms with E-state index in [1.165, 1.54) is 0 Å². The Balaban J connectivity index is 1.80. The lowest BCUT2D eigenvalue weighted by atomic mass is 9.83. The van der Waals surface area contributed by atoms with Crippen LogP contribution < -0.4 is 10.6 Å². The average molecular weight is 236 g/mol. The number of H-pyrrole nitrogens is 1. The Labute approximate surface area is 101 Å².